The molecule has 2 heterocycles. The number of aliphatic hydroxyl groups excluding tert-OH is 1. The molecule has 1 saturated heterocycles. The van der Waals surface area contributed by atoms with E-state index in [1.165, 1.54) is 0 Å². The molecule has 9 atom stereocenters. The molecule has 0 bridgehead atoms. The number of aliphatic hydroxyl groups is 2. The highest BCUT2D eigenvalue weighted by Crippen LogP contribution is 2.70. The van der Waals surface area contributed by atoms with Gasteiger partial charge in [-0.3, -0.25) is 14.5 Å². The van der Waals surface area contributed by atoms with Crippen molar-refractivity contribution in [3.05, 3.63) is 11.6 Å². The fourth-order valence-electron chi connectivity index (χ4n) is 12.2. The van der Waals surface area contributed by atoms with Crippen molar-refractivity contribution in [2.75, 3.05) is 99.4 Å². The van der Waals surface area contributed by atoms with Gasteiger partial charge in [0.1, 0.15) is 13.2 Å². The molecule has 0 aromatic heterocycles. The molecule has 4 saturated carbocycles. The van der Waals surface area contributed by atoms with Crippen LogP contribution in [0.15, 0.2) is 21.6 Å². The van der Waals surface area contributed by atoms with Crippen molar-refractivity contribution in [3.8, 4) is 0 Å². The van der Waals surface area contributed by atoms with Gasteiger partial charge in [0.15, 0.2) is 0 Å². The van der Waals surface area contributed by atoms with E-state index in [1.807, 2.05) is 0 Å². The van der Waals surface area contributed by atoms with Crippen LogP contribution in [0.3, 0.4) is 0 Å². The van der Waals surface area contributed by atoms with Crippen LogP contribution in [0.4, 0.5) is 0 Å². The summed E-state index contributed by atoms with van der Waals surface area (Å²) in [5, 5.41) is 30.4. The summed E-state index contributed by atoms with van der Waals surface area (Å²) in [4.78, 5) is 48.1. The Kier molecular flexibility index (Phi) is 18.4. The molecule has 346 valence electrons. The Morgan fingerprint density at radius 3 is 2.44 bits per heavy atom. The largest absolute Gasteiger partial charge is 1.00 e. The molecule has 0 spiro atoms. The zero-order valence-corrected chi connectivity index (χ0v) is 39.2. The van der Waals surface area contributed by atoms with E-state index in [0.29, 0.717) is 44.8 Å². The van der Waals surface area contributed by atoms with Gasteiger partial charge in [-0.25, -0.2) is 14.8 Å². The summed E-state index contributed by atoms with van der Waals surface area (Å²) in [5.74, 6) is 0.345. The first-order valence-electron chi connectivity index (χ1n) is 23.4. The number of cyclic esters (lactones) is 1. The molecule has 2 amide bonds. The van der Waals surface area contributed by atoms with Crippen LogP contribution in [0.2, 0.25) is 0 Å². The molecular weight excluding hydrogens is 844 g/mol. The first kappa shape index (κ1) is 49.8. The number of likely N-dealkylation sites (N-methyl/N-ethyl adjacent to an activating group) is 1. The van der Waals surface area contributed by atoms with Crippen molar-refractivity contribution in [2.24, 2.45) is 44.5 Å². The molecule has 6 rings (SSSR count). The van der Waals surface area contributed by atoms with E-state index in [9.17, 15) is 24.6 Å². The second-order valence-corrected chi connectivity index (χ2v) is 20.0. The fourth-order valence-corrected chi connectivity index (χ4v) is 12.2. The number of aliphatic imine (C=N–C) groups is 2. The van der Waals surface area contributed by atoms with Crippen molar-refractivity contribution < 1.29 is 60.3 Å². The predicted octanol–water partition coefficient (Wildman–Crippen LogP) is 0.759. The maximum absolute atomic E-state index is 12.7. The van der Waals surface area contributed by atoms with Gasteiger partial charge in [-0.05, 0) is 105 Å². The van der Waals surface area contributed by atoms with Crippen LogP contribution in [-0.2, 0) is 28.6 Å². The van der Waals surface area contributed by atoms with Crippen LogP contribution in [0.5, 0.6) is 0 Å². The van der Waals surface area contributed by atoms with E-state index in [0.717, 1.165) is 133 Å². The summed E-state index contributed by atoms with van der Waals surface area (Å²) in [6.07, 6.45) is 12.6. The molecular formula is C46H77BrN6O8. The number of nitrogens with zero attached hydrogens (tertiary/aromatic N) is 4. The number of carbonyl (C=O) groups excluding carboxylic acids is 3. The van der Waals surface area contributed by atoms with Crippen molar-refractivity contribution >= 4 is 23.8 Å². The first-order valence-corrected chi connectivity index (χ1v) is 23.4. The molecule has 5 fully saturated rings. The Hall–Kier alpha value is -2.23. The molecule has 6 aliphatic rings. The maximum atomic E-state index is 12.7. The highest BCUT2D eigenvalue weighted by Gasteiger charge is 2.70. The van der Waals surface area contributed by atoms with Crippen molar-refractivity contribution in [2.45, 2.75) is 122 Å². The number of hydrogen-bond acceptors (Lipinski definition) is 11. The average Bonchev–Trinajstić information content (AvgIpc) is 3.78. The number of amides is 2. The van der Waals surface area contributed by atoms with E-state index < -0.39 is 17.1 Å². The summed E-state index contributed by atoms with van der Waals surface area (Å²) in [7, 11) is 4.36. The number of rotatable bonds is 21. The summed E-state index contributed by atoms with van der Waals surface area (Å²) in [6, 6.07) is 2.85. The number of quaternary nitrogens is 1. The predicted molar refractivity (Wildman–Crippen MR) is 229 cm³/mol. The van der Waals surface area contributed by atoms with Crippen LogP contribution in [-0.4, -0.2) is 161 Å². The van der Waals surface area contributed by atoms with Gasteiger partial charge < -0.3 is 56.5 Å². The molecule has 4 N–H and O–H groups in total. The van der Waals surface area contributed by atoms with Crippen LogP contribution >= 0.6 is 0 Å². The van der Waals surface area contributed by atoms with Crippen LogP contribution in [0.25, 0.3) is 0 Å². The van der Waals surface area contributed by atoms with Gasteiger partial charge in [-0.15, -0.1) is 0 Å². The number of ether oxygens (including phenoxy) is 3. The lowest BCUT2D eigenvalue weighted by atomic mass is 9.42. The minimum atomic E-state index is -0.980. The zero-order valence-electron chi connectivity index (χ0n) is 37.6. The van der Waals surface area contributed by atoms with Gasteiger partial charge in [-0.1, -0.05) is 20.3 Å². The molecule has 0 radical (unpaired) electrons. The van der Waals surface area contributed by atoms with Crippen LogP contribution in [0.1, 0.15) is 104 Å². The highest BCUT2D eigenvalue weighted by molar-refractivity contribution is 5.85. The Morgan fingerprint density at radius 1 is 0.934 bits per heavy atom. The quantitative estimate of drug-likeness (QED) is 0.0562. The number of halogens is 1. The van der Waals surface area contributed by atoms with Crippen molar-refractivity contribution in [1.29, 1.82) is 0 Å². The third-order valence-electron chi connectivity index (χ3n) is 15.9. The van der Waals surface area contributed by atoms with E-state index in [4.69, 9.17) is 14.2 Å². The minimum absolute atomic E-state index is 0. The third kappa shape index (κ3) is 12.3. The molecule has 0 aromatic rings. The van der Waals surface area contributed by atoms with E-state index >= 15 is 0 Å². The number of nitrogens with one attached hydrogen (secondary N) is 2. The summed E-state index contributed by atoms with van der Waals surface area (Å²) < 4.78 is 17.6. The number of unbranched alkanes of at least 4 members (excludes halogenated alkanes) is 2. The maximum Gasteiger partial charge on any atom is 0.331 e. The monoisotopic (exact) mass is 920 g/mol. The Labute approximate surface area is 375 Å². The summed E-state index contributed by atoms with van der Waals surface area (Å²) in [5.41, 5.74) is -0.764. The first-order chi connectivity index (χ1) is 28.7. The zero-order chi connectivity index (χ0) is 42.8. The molecule has 15 heteroatoms. The molecule has 61 heavy (non-hydrogen) atoms. The third-order valence-corrected chi connectivity index (χ3v) is 15.9. The van der Waals surface area contributed by atoms with Gasteiger partial charge >= 0.3 is 5.97 Å². The molecule has 14 nitrogen and oxygen atoms in total. The van der Waals surface area contributed by atoms with Crippen molar-refractivity contribution in [1.82, 2.24) is 15.5 Å². The van der Waals surface area contributed by atoms with Gasteiger partial charge in [0, 0.05) is 50.5 Å². The Morgan fingerprint density at radius 2 is 1.69 bits per heavy atom. The van der Waals surface area contributed by atoms with Gasteiger partial charge in [0.05, 0.1) is 83.9 Å². The topological polar surface area (TPSA) is 171 Å². The summed E-state index contributed by atoms with van der Waals surface area (Å²) in [6.45, 7) is 14.0. The number of morpholine rings is 1. The lowest BCUT2D eigenvalue weighted by Gasteiger charge is -2.65. The SMILES string of the molecule is C[C@]12[C@H](O)CC3C(CC[C@@H]4C[C@@H](OCC(=O)NCCCCCC(=O)NCC[N+](C)(C)CCCN=C=NCCCN5CCOCC5)CC[C@]34C)[C@@]1(O)CC[C@@H]2C1=CC(=O)OC1.[Br-]. The van der Waals surface area contributed by atoms with Crippen LogP contribution in [0, 0.1) is 34.5 Å². The van der Waals surface area contributed by atoms with Crippen molar-refractivity contribution in [3.63, 3.8) is 0 Å². The normalized spacial score (nSPS) is 33.5. The Balaban J connectivity index is 0.00000704. The molecule has 2 unspecified atom stereocenters. The van der Waals surface area contributed by atoms with Crippen LogP contribution < -0.4 is 27.6 Å². The smallest absolute Gasteiger partial charge is 0.331 e. The second kappa shape index (κ2) is 22.6. The Bertz CT molecular complexity index is 1570. The molecule has 2 aliphatic heterocycles. The van der Waals surface area contributed by atoms with E-state index in [1.54, 1.807) is 6.08 Å². The standard InChI is InChI=1S/C46H76N6O8.BrH/c1-44-15-13-36(29-35(44)11-12-38-39(44)30-40(53)45(2)37(14-16-46(38,45)57)34-28-43(56)60-31-34)59-32-42(55)49-19-7-5-6-10-41(54)50-20-25-52(3,4)24-9-18-48-33-47-17-8-21-51-22-26-58-27-23-51;/h28,35-40,53,57H,5-27,29-32H2,1-4H3,(H-,49,50,54,55);1H/t35-,36+,37-,38?,39?,40-,44+,45+,46+;/m1./s1. The van der Waals surface area contributed by atoms with E-state index in [2.05, 4.69) is 59.5 Å². The molecule has 0 aromatic carbocycles. The highest BCUT2D eigenvalue weighted by atomic mass is 79.9. The van der Waals surface area contributed by atoms with E-state index in [-0.39, 0.29) is 77.3 Å². The molecule has 4 aliphatic carbocycles. The van der Waals surface area contributed by atoms with Gasteiger partial charge in [-0.2, -0.15) is 0 Å². The number of hydrogen-bond donors (Lipinski definition) is 4. The lowest BCUT2D eigenvalue weighted by Crippen LogP contribution is -3.00. The number of carbonyl (C=O) groups is 3. The number of esters is 1. The van der Waals surface area contributed by atoms with Gasteiger partial charge in [0.2, 0.25) is 11.8 Å². The number of fused-ring (bicyclic) bond motifs is 5. The fraction of sp³-hybridized carbons (Fsp3) is 0.870. The lowest BCUT2D eigenvalue weighted by molar-refractivity contribution is -0.889. The average molecular weight is 922 g/mol. The second-order valence-electron chi connectivity index (χ2n) is 20.0. The minimum Gasteiger partial charge on any atom is -1.00 e. The van der Waals surface area contributed by atoms with Gasteiger partial charge in [0.25, 0.3) is 0 Å². The summed E-state index contributed by atoms with van der Waals surface area (Å²) >= 11 is 0.